The van der Waals surface area contributed by atoms with Crippen LogP contribution >= 0.6 is 0 Å². The number of rotatable bonds is 4. The quantitative estimate of drug-likeness (QED) is 0.574. The number of anilines is 1. The van der Waals surface area contributed by atoms with Gasteiger partial charge in [0.2, 0.25) is 0 Å². The molecular weight excluding hydrogens is 275 g/mol. The lowest BCUT2D eigenvalue weighted by Crippen LogP contribution is -2.27. The van der Waals surface area contributed by atoms with Crippen LogP contribution in [0.2, 0.25) is 0 Å². The smallest absolute Gasteiger partial charge is 0.335 e. The molecule has 6 nitrogen and oxygen atoms in total. The number of hydrogen-bond acceptors (Lipinski definition) is 4. The number of nitrogens with two attached hydrogens (primary N) is 2. The fraction of sp³-hybridized carbons (Fsp3) is 0. The molecule has 7 heteroatoms. The van der Waals surface area contributed by atoms with Crippen molar-refractivity contribution in [3.63, 3.8) is 0 Å². The molecule has 0 aliphatic rings. The highest BCUT2D eigenvalue weighted by molar-refractivity contribution is 5.89. The number of benzene rings is 1. The van der Waals surface area contributed by atoms with E-state index in [4.69, 9.17) is 16.7 Å². The van der Waals surface area contributed by atoms with Gasteiger partial charge < -0.3 is 10.8 Å². The highest BCUT2D eigenvalue weighted by atomic mass is 19.1. The molecule has 0 unspecified atom stereocenters. The summed E-state index contributed by atoms with van der Waals surface area (Å²) < 4.78 is 13.7. The number of aromatic carboxylic acids is 1. The minimum absolute atomic E-state index is 0.0677. The topological polar surface area (TPSA) is 107 Å². The molecule has 0 amide bonds. The monoisotopic (exact) mass is 289 g/mol. The molecule has 1 aromatic heterocycles. The highest BCUT2D eigenvalue weighted by Gasteiger charge is 2.12. The van der Waals surface area contributed by atoms with Crippen LogP contribution in [0, 0.1) is 5.82 Å². The van der Waals surface area contributed by atoms with E-state index >= 15 is 0 Å². The highest BCUT2D eigenvalue weighted by Crippen LogP contribution is 2.20. The molecule has 21 heavy (non-hydrogen) atoms. The van der Waals surface area contributed by atoms with Crippen LogP contribution in [0.4, 0.5) is 10.1 Å². The van der Waals surface area contributed by atoms with Gasteiger partial charge >= 0.3 is 5.97 Å². The summed E-state index contributed by atoms with van der Waals surface area (Å²) in [7, 11) is 0. The molecule has 0 radical (unpaired) electrons. The zero-order valence-electron chi connectivity index (χ0n) is 11.0. The number of nitrogens with one attached hydrogen (secondary N) is 1. The summed E-state index contributed by atoms with van der Waals surface area (Å²) in [5.74, 6) is 3.92. The normalized spacial score (nSPS) is 11.2. The Kier molecular flexibility index (Phi) is 4.15. The van der Waals surface area contributed by atoms with E-state index in [1.165, 1.54) is 6.20 Å². The zero-order valence-corrected chi connectivity index (χ0v) is 11.0. The van der Waals surface area contributed by atoms with Gasteiger partial charge in [0.15, 0.2) is 12.4 Å². The molecule has 0 atom stereocenters. The molecule has 0 aliphatic carbocycles. The molecule has 108 valence electrons. The van der Waals surface area contributed by atoms with Crippen LogP contribution in [0.1, 0.15) is 15.9 Å². The zero-order chi connectivity index (χ0) is 15.4. The molecule has 2 rings (SSSR count). The molecule has 1 heterocycles. The Morgan fingerprint density at radius 3 is 2.71 bits per heavy atom. The summed E-state index contributed by atoms with van der Waals surface area (Å²) in [5, 5.41) is 9.86. The first kappa shape index (κ1) is 14.5. The number of carboxylic acids is 1. The number of hydrogen-bond donors (Lipinski definition) is 3. The van der Waals surface area contributed by atoms with E-state index in [0.29, 0.717) is 11.3 Å². The van der Waals surface area contributed by atoms with Gasteiger partial charge in [0.25, 0.3) is 0 Å². The van der Waals surface area contributed by atoms with Crippen LogP contribution in [-0.4, -0.2) is 11.1 Å². The second-order valence-electron chi connectivity index (χ2n) is 4.26. The molecule has 0 saturated carbocycles. The van der Waals surface area contributed by atoms with E-state index < -0.39 is 11.8 Å². The minimum Gasteiger partial charge on any atom is -0.478 e. The fourth-order valence-electron chi connectivity index (χ4n) is 1.71. The van der Waals surface area contributed by atoms with Crippen molar-refractivity contribution in [3.8, 4) is 0 Å². The van der Waals surface area contributed by atoms with E-state index in [-0.39, 0.29) is 11.3 Å². The van der Waals surface area contributed by atoms with Crippen molar-refractivity contribution in [2.45, 2.75) is 0 Å². The van der Waals surface area contributed by atoms with Crippen molar-refractivity contribution in [1.82, 2.24) is 0 Å². The number of carboxylic acid groups (broad SMARTS) is 1. The molecule has 2 aromatic rings. The number of aromatic nitrogens is 1. The third kappa shape index (κ3) is 3.34. The van der Waals surface area contributed by atoms with Crippen molar-refractivity contribution in [1.29, 1.82) is 0 Å². The van der Waals surface area contributed by atoms with Crippen molar-refractivity contribution in [2.75, 3.05) is 5.01 Å². The number of H-pyrrole nitrogens is 1. The van der Waals surface area contributed by atoms with Gasteiger partial charge in [-0.15, -0.1) is 0 Å². The van der Waals surface area contributed by atoms with Gasteiger partial charge in [0.05, 0.1) is 22.5 Å². The number of pyridine rings is 1. The van der Waals surface area contributed by atoms with Crippen LogP contribution in [-0.2, 0) is 0 Å². The van der Waals surface area contributed by atoms with Crippen LogP contribution in [0.25, 0.3) is 5.70 Å². The van der Waals surface area contributed by atoms with Crippen molar-refractivity contribution < 1.29 is 19.3 Å². The first-order valence-electron chi connectivity index (χ1n) is 5.99. The van der Waals surface area contributed by atoms with Gasteiger partial charge in [-0.25, -0.2) is 20.0 Å². The minimum atomic E-state index is -1.17. The predicted octanol–water partition coefficient (Wildman–Crippen LogP) is 0.975. The number of carbonyl (C=O) groups is 1. The number of nitrogens with zero attached hydrogens (tertiary/aromatic N) is 1. The Hall–Kier alpha value is -2.93. The maximum Gasteiger partial charge on any atom is 0.335 e. The Morgan fingerprint density at radius 1 is 1.33 bits per heavy atom. The van der Waals surface area contributed by atoms with Gasteiger partial charge in [0.1, 0.15) is 5.82 Å². The summed E-state index contributed by atoms with van der Waals surface area (Å²) in [4.78, 5) is 13.8. The Bertz CT molecular complexity index is 689. The molecule has 0 spiro atoms. The fourth-order valence-corrected chi connectivity index (χ4v) is 1.71. The van der Waals surface area contributed by atoms with Crippen molar-refractivity contribution in [3.05, 3.63) is 65.9 Å². The lowest BCUT2D eigenvalue weighted by molar-refractivity contribution is -0.378. The second kappa shape index (κ2) is 6.02. The van der Waals surface area contributed by atoms with Crippen LogP contribution in [0.3, 0.4) is 0 Å². The van der Waals surface area contributed by atoms with Gasteiger partial charge in [-0.05, 0) is 24.3 Å². The SMILES string of the molecule is NC(=CN(N)c1cc(C(=O)O)ccc1F)c1ccc[nH+]c1. The maximum absolute atomic E-state index is 13.7. The van der Waals surface area contributed by atoms with Crippen LogP contribution in [0.5, 0.6) is 0 Å². The molecule has 6 N–H and O–H groups in total. The third-order valence-corrected chi connectivity index (χ3v) is 2.79. The maximum atomic E-state index is 13.7. The standard InChI is InChI=1S/C14H13FN4O2/c15-11-4-3-9(14(20)21)6-13(11)19(17)8-12(16)10-2-1-5-18-7-10/h1-8H,16-17H2,(H,20,21)/p+1. The Balaban J connectivity index is 2.34. The summed E-state index contributed by atoms with van der Waals surface area (Å²) in [6, 6.07) is 6.84. The van der Waals surface area contributed by atoms with Crippen LogP contribution < -0.4 is 21.6 Å². The predicted molar refractivity (Wildman–Crippen MR) is 75.2 cm³/mol. The van der Waals surface area contributed by atoms with Crippen molar-refractivity contribution >= 4 is 17.4 Å². The molecular formula is C14H14FN4O2+. The van der Waals surface area contributed by atoms with E-state index in [2.05, 4.69) is 4.98 Å². The van der Waals surface area contributed by atoms with Gasteiger partial charge in [0, 0.05) is 12.3 Å². The van der Waals surface area contributed by atoms with Gasteiger partial charge in [-0.3, -0.25) is 5.01 Å². The number of aromatic amines is 1. The molecule has 0 saturated heterocycles. The van der Waals surface area contributed by atoms with Crippen LogP contribution in [0.15, 0.2) is 48.9 Å². The summed E-state index contributed by atoms with van der Waals surface area (Å²) in [6.45, 7) is 0. The Labute approximate surface area is 120 Å². The van der Waals surface area contributed by atoms with E-state index in [9.17, 15) is 9.18 Å². The Morgan fingerprint density at radius 2 is 2.10 bits per heavy atom. The van der Waals surface area contributed by atoms with Crippen molar-refractivity contribution in [2.24, 2.45) is 11.6 Å². The first-order chi connectivity index (χ1) is 9.99. The van der Waals surface area contributed by atoms with E-state index in [1.54, 1.807) is 24.5 Å². The van der Waals surface area contributed by atoms with Gasteiger partial charge in [-0.1, -0.05) is 0 Å². The average molecular weight is 289 g/mol. The summed E-state index contributed by atoms with van der Waals surface area (Å²) >= 11 is 0. The number of hydrazine groups is 1. The van der Waals surface area contributed by atoms with E-state index in [1.807, 2.05) is 0 Å². The lowest BCUT2D eigenvalue weighted by Gasteiger charge is -2.16. The average Bonchev–Trinajstić information content (AvgIpc) is 2.48. The van der Waals surface area contributed by atoms with Gasteiger partial charge in [-0.2, -0.15) is 0 Å². The number of halogens is 1. The first-order valence-corrected chi connectivity index (χ1v) is 5.99. The third-order valence-electron chi connectivity index (χ3n) is 2.79. The second-order valence-corrected chi connectivity index (χ2v) is 4.26. The molecule has 0 fully saturated rings. The molecule has 0 bridgehead atoms. The summed E-state index contributed by atoms with van der Waals surface area (Å²) in [6.07, 6.45) is 4.68. The molecule has 0 aliphatic heterocycles. The van der Waals surface area contributed by atoms with E-state index in [0.717, 1.165) is 23.2 Å². The lowest BCUT2D eigenvalue weighted by atomic mass is 10.2. The molecule has 1 aromatic carbocycles. The largest absolute Gasteiger partial charge is 0.478 e. The summed E-state index contributed by atoms with van der Waals surface area (Å²) in [5.41, 5.74) is 6.68.